The van der Waals surface area contributed by atoms with E-state index in [1.807, 2.05) is 68.4 Å². The standard InChI is InChI=1S/C31H38N2O6S/c1-4-5-11-29-31(33(21-32)30(2,3)39-29,40(34,35)26-16-17-27-28(18-26)38-22-37-27)19-23-12-14-25(15-13-23)36-20-24-9-7-6-8-10-24/h6-10,12-18,29H,4-5,11,19-22,32H2,1-3H3/t29-,31+/m1/s1. The fraction of sp³-hybridized carbons (Fsp3) is 0.419. The van der Waals surface area contributed by atoms with Gasteiger partial charge in [0.05, 0.1) is 11.0 Å². The van der Waals surface area contributed by atoms with Gasteiger partial charge in [-0.2, -0.15) is 0 Å². The molecule has 0 spiro atoms. The van der Waals surface area contributed by atoms with Gasteiger partial charge in [0.2, 0.25) is 16.6 Å². The van der Waals surface area contributed by atoms with Crippen LogP contribution in [0.15, 0.2) is 77.7 Å². The van der Waals surface area contributed by atoms with Crippen molar-refractivity contribution in [3.05, 3.63) is 83.9 Å². The largest absolute Gasteiger partial charge is 0.489 e. The first-order valence-corrected chi connectivity index (χ1v) is 15.2. The molecule has 1 fully saturated rings. The van der Waals surface area contributed by atoms with Gasteiger partial charge < -0.3 is 24.7 Å². The van der Waals surface area contributed by atoms with Gasteiger partial charge in [0.1, 0.15) is 18.1 Å². The molecule has 2 heterocycles. The Morgan fingerprint density at radius 2 is 1.70 bits per heavy atom. The zero-order chi connectivity index (χ0) is 28.4. The third-order valence-electron chi connectivity index (χ3n) is 7.79. The van der Waals surface area contributed by atoms with Crippen LogP contribution in [-0.4, -0.2) is 43.5 Å². The maximum atomic E-state index is 14.8. The Balaban J connectivity index is 1.53. The van der Waals surface area contributed by atoms with Crippen molar-refractivity contribution in [1.29, 1.82) is 0 Å². The molecule has 3 aromatic rings. The van der Waals surface area contributed by atoms with E-state index in [2.05, 4.69) is 6.92 Å². The van der Waals surface area contributed by atoms with Crippen molar-refractivity contribution in [3.63, 3.8) is 0 Å². The Kier molecular flexibility index (Phi) is 8.10. The minimum Gasteiger partial charge on any atom is -0.489 e. The molecule has 2 atom stereocenters. The van der Waals surface area contributed by atoms with Crippen LogP contribution in [-0.2, 0) is 27.6 Å². The monoisotopic (exact) mass is 566 g/mol. The van der Waals surface area contributed by atoms with Gasteiger partial charge in [0.25, 0.3) is 0 Å². The average Bonchev–Trinajstić information content (AvgIpc) is 3.51. The van der Waals surface area contributed by atoms with Gasteiger partial charge in [-0.1, -0.05) is 62.2 Å². The number of hydrogen-bond donors (Lipinski definition) is 1. The molecular weight excluding hydrogens is 528 g/mol. The summed E-state index contributed by atoms with van der Waals surface area (Å²) in [7, 11) is -4.03. The molecule has 1 saturated heterocycles. The molecule has 0 unspecified atom stereocenters. The number of fused-ring (bicyclic) bond motifs is 1. The summed E-state index contributed by atoms with van der Waals surface area (Å²) in [5, 5.41) is 0. The smallest absolute Gasteiger partial charge is 0.231 e. The molecule has 0 bridgehead atoms. The number of benzene rings is 3. The highest BCUT2D eigenvalue weighted by Gasteiger charge is 2.64. The Labute approximate surface area is 236 Å². The van der Waals surface area contributed by atoms with E-state index in [9.17, 15) is 8.42 Å². The molecule has 9 heteroatoms. The van der Waals surface area contributed by atoms with E-state index in [1.54, 1.807) is 23.1 Å². The van der Waals surface area contributed by atoms with Gasteiger partial charge in [-0.15, -0.1) is 0 Å². The normalized spacial score (nSPS) is 21.9. The third-order valence-corrected chi connectivity index (χ3v) is 10.2. The summed E-state index contributed by atoms with van der Waals surface area (Å²) in [5.74, 6) is 1.65. The zero-order valence-corrected chi connectivity index (χ0v) is 24.2. The van der Waals surface area contributed by atoms with E-state index in [4.69, 9.17) is 24.7 Å². The minimum atomic E-state index is -4.03. The van der Waals surface area contributed by atoms with Crippen molar-refractivity contribution in [3.8, 4) is 17.2 Å². The van der Waals surface area contributed by atoms with Crippen LogP contribution in [0.1, 0.15) is 51.2 Å². The molecule has 0 amide bonds. The summed E-state index contributed by atoms with van der Waals surface area (Å²) in [5.41, 5.74) is 7.35. The number of nitrogens with zero attached hydrogens (tertiary/aromatic N) is 1. The SMILES string of the molecule is CCCC[C@H]1OC(C)(C)N(CN)[C@@]1(Cc1ccc(OCc2ccccc2)cc1)S(=O)(=O)c1ccc2c(c1)OCO2. The van der Waals surface area contributed by atoms with E-state index < -0.39 is 26.5 Å². The fourth-order valence-electron chi connectivity index (χ4n) is 5.79. The minimum absolute atomic E-state index is 0.0116. The van der Waals surface area contributed by atoms with Crippen molar-refractivity contribution >= 4 is 9.84 Å². The van der Waals surface area contributed by atoms with Crippen LogP contribution in [0.3, 0.4) is 0 Å². The molecule has 40 heavy (non-hydrogen) atoms. The van der Waals surface area contributed by atoms with E-state index in [0.29, 0.717) is 30.3 Å². The van der Waals surface area contributed by atoms with Gasteiger partial charge in [-0.05, 0) is 55.7 Å². The lowest BCUT2D eigenvalue weighted by atomic mass is 9.96. The van der Waals surface area contributed by atoms with Gasteiger partial charge in [-0.3, -0.25) is 0 Å². The number of rotatable bonds is 11. The lowest BCUT2D eigenvalue weighted by Crippen LogP contribution is -2.62. The van der Waals surface area contributed by atoms with Crippen LogP contribution >= 0.6 is 0 Å². The Morgan fingerprint density at radius 3 is 2.40 bits per heavy atom. The van der Waals surface area contributed by atoms with Crippen molar-refractivity contribution in [2.75, 3.05) is 13.5 Å². The molecule has 0 radical (unpaired) electrons. The summed E-state index contributed by atoms with van der Waals surface area (Å²) in [4.78, 5) is 0.515. The number of hydrogen-bond acceptors (Lipinski definition) is 8. The highest BCUT2D eigenvalue weighted by atomic mass is 32.2. The predicted octanol–water partition coefficient (Wildman–Crippen LogP) is 5.25. The van der Waals surface area contributed by atoms with E-state index in [-0.39, 0.29) is 24.8 Å². The zero-order valence-electron chi connectivity index (χ0n) is 23.3. The number of unbranched alkanes of at least 4 members (excludes halogenated alkanes) is 1. The maximum absolute atomic E-state index is 14.8. The Hall–Kier alpha value is -3.11. The lowest BCUT2D eigenvalue weighted by Gasteiger charge is -2.42. The Bertz CT molecular complexity index is 1410. The van der Waals surface area contributed by atoms with Gasteiger partial charge >= 0.3 is 0 Å². The molecule has 8 nitrogen and oxygen atoms in total. The van der Waals surface area contributed by atoms with Crippen LogP contribution in [0.4, 0.5) is 0 Å². The predicted molar refractivity (Wildman–Crippen MR) is 153 cm³/mol. The van der Waals surface area contributed by atoms with Gasteiger partial charge in [-0.25, -0.2) is 13.3 Å². The molecule has 3 aromatic carbocycles. The summed E-state index contributed by atoms with van der Waals surface area (Å²) in [6.45, 7) is 6.38. The summed E-state index contributed by atoms with van der Waals surface area (Å²) < 4.78 is 53.1. The van der Waals surface area contributed by atoms with Gasteiger partial charge in [0.15, 0.2) is 16.4 Å². The first-order valence-electron chi connectivity index (χ1n) is 13.8. The molecule has 2 N–H and O–H groups in total. The fourth-order valence-corrected chi connectivity index (χ4v) is 8.16. The second kappa shape index (κ2) is 11.4. The van der Waals surface area contributed by atoms with Crippen LogP contribution in [0, 0.1) is 0 Å². The number of nitrogens with two attached hydrogens (primary N) is 1. The molecule has 214 valence electrons. The quantitative estimate of drug-likeness (QED) is 0.336. The van der Waals surface area contributed by atoms with E-state index in [0.717, 1.165) is 24.0 Å². The molecule has 2 aliphatic rings. The Morgan fingerprint density at radius 1 is 0.975 bits per heavy atom. The first kappa shape index (κ1) is 28.4. The van der Waals surface area contributed by atoms with Crippen LogP contribution in [0.5, 0.6) is 17.2 Å². The van der Waals surface area contributed by atoms with Crippen molar-refractivity contribution in [2.24, 2.45) is 5.73 Å². The van der Waals surface area contributed by atoms with E-state index >= 15 is 0 Å². The summed E-state index contributed by atoms with van der Waals surface area (Å²) >= 11 is 0. The molecular formula is C31H38N2O6S. The topological polar surface area (TPSA) is 100 Å². The average molecular weight is 567 g/mol. The second-order valence-electron chi connectivity index (χ2n) is 10.8. The highest BCUT2D eigenvalue weighted by Crippen LogP contribution is 2.49. The molecule has 0 aliphatic carbocycles. The molecule has 2 aliphatic heterocycles. The van der Waals surface area contributed by atoms with Crippen LogP contribution in [0.2, 0.25) is 0 Å². The summed E-state index contributed by atoms with van der Waals surface area (Å²) in [6.07, 6.45) is 1.91. The van der Waals surface area contributed by atoms with E-state index in [1.165, 1.54) is 0 Å². The third kappa shape index (κ3) is 5.19. The maximum Gasteiger partial charge on any atom is 0.231 e. The lowest BCUT2D eigenvalue weighted by molar-refractivity contribution is -0.0770. The second-order valence-corrected chi connectivity index (χ2v) is 12.9. The molecule has 0 aromatic heterocycles. The van der Waals surface area contributed by atoms with Gasteiger partial charge in [0, 0.05) is 19.2 Å². The van der Waals surface area contributed by atoms with Crippen molar-refractivity contribution in [2.45, 2.75) is 74.7 Å². The number of sulfone groups is 1. The van der Waals surface area contributed by atoms with Crippen LogP contribution < -0.4 is 19.9 Å². The first-order chi connectivity index (χ1) is 19.2. The van der Waals surface area contributed by atoms with Crippen molar-refractivity contribution < 1.29 is 27.4 Å². The number of ether oxygens (including phenoxy) is 4. The molecule has 0 saturated carbocycles. The molecule has 5 rings (SSSR count). The van der Waals surface area contributed by atoms with Crippen LogP contribution in [0.25, 0.3) is 0 Å². The van der Waals surface area contributed by atoms with Crippen molar-refractivity contribution in [1.82, 2.24) is 4.90 Å². The summed E-state index contributed by atoms with van der Waals surface area (Å²) in [6, 6.07) is 22.4. The highest BCUT2D eigenvalue weighted by molar-refractivity contribution is 7.92.